The third-order valence-electron chi connectivity index (χ3n) is 7.80. The van der Waals surface area contributed by atoms with Gasteiger partial charge in [0.05, 0.1) is 12.3 Å². The first-order valence-corrected chi connectivity index (χ1v) is 14.3. The molecule has 1 N–H and O–H groups in total. The van der Waals surface area contributed by atoms with Gasteiger partial charge in [-0.15, -0.1) is 0 Å². The van der Waals surface area contributed by atoms with Gasteiger partial charge in [-0.2, -0.15) is 0 Å². The minimum absolute atomic E-state index is 0.00973. The molecule has 2 aliphatic carbocycles. The van der Waals surface area contributed by atoms with Gasteiger partial charge in [0.15, 0.2) is 0 Å². The number of fused-ring (bicyclic) bond motifs is 1. The molecule has 2 fully saturated rings. The fraction of sp³-hybridized carbons (Fsp3) is 0.655. The van der Waals surface area contributed by atoms with Crippen LogP contribution in [-0.2, 0) is 20.9 Å². The molecule has 39 heavy (non-hydrogen) atoms. The van der Waals surface area contributed by atoms with Gasteiger partial charge in [0, 0.05) is 45.7 Å². The average Bonchev–Trinajstić information content (AvgIpc) is 3.44. The maximum absolute atomic E-state index is 12.7. The fourth-order valence-corrected chi connectivity index (χ4v) is 5.44. The maximum atomic E-state index is 12.7. The van der Waals surface area contributed by atoms with Crippen molar-refractivity contribution in [1.29, 1.82) is 0 Å². The summed E-state index contributed by atoms with van der Waals surface area (Å²) in [6.07, 6.45) is 10.9. The smallest absolute Gasteiger partial charge is 0.325 e. The SMILES string of the molecule is CN(C)C(=O)NC1=Nc2ccc(OCCCC(=O)N(C)C3CCCCC3)cc2CN1CC(=O)OC1CCCC1. The Morgan fingerprint density at radius 1 is 1.03 bits per heavy atom. The van der Waals surface area contributed by atoms with Gasteiger partial charge in [0.25, 0.3) is 0 Å². The van der Waals surface area contributed by atoms with Crippen LogP contribution in [0.25, 0.3) is 0 Å². The summed E-state index contributed by atoms with van der Waals surface area (Å²) < 4.78 is 11.6. The molecule has 3 amide bonds. The molecule has 0 atom stereocenters. The lowest BCUT2D eigenvalue weighted by Crippen LogP contribution is -2.50. The number of urea groups is 1. The van der Waals surface area contributed by atoms with Crippen molar-refractivity contribution in [3.8, 4) is 5.75 Å². The molecule has 0 aromatic heterocycles. The molecule has 10 heteroatoms. The van der Waals surface area contributed by atoms with E-state index in [0.717, 1.165) is 44.1 Å². The number of carbonyl (C=O) groups is 3. The van der Waals surface area contributed by atoms with E-state index in [0.29, 0.717) is 49.4 Å². The summed E-state index contributed by atoms with van der Waals surface area (Å²) in [6.45, 7) is 0.807. The van der Waals surface area contributed by atoms with Crippen LogP contribution >= 0.6 is 0 Å². The molecule has 0 radical (unpaired) electrons. The standard InChI is InChI=1S/C29H43N5O5/c1-32(2)29(37)31-28-30-25-16-15-24(38-17-9-14-26(35)33(3)22-10-5-4-6-11-22)18-21(25)19-34(28)20-27(36)39-23-12-7-8-13-23/h15-16,18,22-23H,4-14,17,19-20H2,1-3H3,(H,30,31,37). The van der Waals surface area contributed by atoms with Crippen LogP contribution < -0.4 is 10.1 Å². The number of amides is 3. The van der Waals surface area contributed by atoms with E-state index in [4.69, 9.17) is 9.47 Å². The van der Waals surface area contributed by atoms with Crippen molar-refractivity contribution in [1.82, 2.24) is 20.0 Å². The molecule has 10 nitrogen and oxygen atoms in total. The summed E-state index contributed by atoms with van der Waals surface area (Å²) in [6, 6.07) is 5.65. The van der Waals surface area contributed by atoms with Gasteiger partial charge in [0.2, 0.25) is 11.9 Å². The number of hydrogen-bond donors (Lipinski definition) is 1. The minimum Gasteiger partial charge on any atom is -0.494 e. The van der Waals surface area contributed by atoms with Crippen LogP contribution in [0.15, 0.2) is 23.2 Å². The Bertz CT molecular complexity index is 1050. The molecule has 1 aromatic carbocycles. The summed E-state index contributed by atoms with van der Waals surface area (Å²) >= 11 is 0. The zero-order chi connectivity index (χ0) is 27.8. The van der Waals surface area contributed by atoms with Gasteiger partial charge in [-0.1, -0.05) is 19.3 Å². The first-order valence-electron chi connectivity index (χ1n) is 14.3. The van der Waals surface area contributed by atoms with E-state index in [1.165, 1.54) is 24.2 Å². The van der Waals surface area contributed by atoms with Gasteiger partial charge < -0.3 is 24.2 Å². The van der Waals surface area contributed by atoms with Gasteiger partial charge in [-0.25, -0.2) is 9.79 Å². The number of guanidine groups is 1. The lowest BCUT2D eigenvalue weighted by Gasteiger charge is -2.31. The molecule has 0 unspecified atom stereocenters. The Kier molecular flexibility index (Phi) is 10.1. The van der Waals surface area contributed by atoms with Crippen molar-refractivity contribution in [2.75, 3.05) is 34.3 Å². The van der Waals surface area contributed by atoms with Crippen molar-refractivity contribution in [2.24, 2.45) is 4.99 Å². The first-order chi connectivity index (χ1) is 18.8. The lowest BCUT2D eigenvalue weighted by molar-refractivity contribution is -0.149. The molecule has 3 aliphatic rings. The number of aliphatic imine (C=N–C) groups is 1. The number of carbonyl (C=O) groups excluding carboxylic acids is 3. The molecule has 0 saturated heterocycles. The van der Waals surface area contributed by atoms with Gasteiger partial charge >= 0.3 is 12.0 Å². The Morgan fingerprint density at radius 3 is 2.46 bits per heavy atom. The predicted octanol–water partition coefficient (Wildman–Crippen LogP) is 4.20. The van der Waals surface area contributed by atoms with E-state index in [1.807, 2.05) is 30.1 Å². The van der Waals surface area contributed by atoms with Crippen LogP contribution in [0, 0.1) is 0 Å². The monoisotopic (exact) mass is 541 g/mol. The molecule has 0 bridgehead atoms. The number of esters is 1. The van der Waals surface area contributed by atoms with Gasteiger partial charge in [-0.05, 0) is 63.1 Å². The van der Waals surface area contributed by atoms with Crippen molar-refractivity contribution < 1.29 is 23.9 Å². The Morgan fingerprint density at radius 2 is 1.74 bits per heavy atom. The van der Waals surface area contributed by atoms with E-state index in [9.17, 15) is 14.4 Å². The topological polar surface area (TPSA) is 104 Å². The molecule has 4 rings (SSSR count). The highest BCUT2D eigenvalue weighted by Crippen LogP contribution is 2.30. The Labute approximate surface area is 231 Å². The Hall–Kier alpha value is -3.30. The summed E-state index contributed by atoms with van der Waals surface area (Å²) in [4.78, 5) is 47.4. The molecular weight excluding hydrogens is 498 g/mol. The Balaban J connectivity index is 1.34. The molecule has 2 saturated carbocycles. The quantitative estimate of drug-likeness (QED) is 0.371. The average molecular weight is 542 g/mol. The highest BCUT2D eigenvalue weighted by Gasteiger charge is 2.27. The number of nitrogens with one attached hydrogen (secondary N) is 1. The molecular formula is C29H43N5O5. The van der Waals surface area contributed by atoms with E-state index in [2.05, 4.69) is 10.3 Å². The highest BCUT2D eigenvalue weighted by atomic mass is 16.5. The van der Waals surface area contributed by atoms with E-state index in [-0.39, 0.29) is 30.6 Å². The largest absolute Gasteiger partial charge is 0.494 e. The number of nitrogens with zero attached hydrogens (tertiary/aromatic N) is 4. The second kappa shape index (κ2) is 13.7. The van der Waals surface area contributed by atoms with E-state index < -0.39 is 0 Å². The van der Waals surface area contributed by atoms with Crippen LogP contribution in [0.2, 0.25) is 0 Å². The summed E-state index contributed by atoms with van der Waals surface area (Å²) in [7, 11) is 5.22. The molecule has 1 aromatic rings. The van der Waals surface area contributed by atoms with Crippen LogP contribution in [0.4, 0.5) is 10.5 Å². The second-order valence-electron chi connectivity index (χ2n) is 11.1. The second-order valence-corrected chi connectivity index (χ2v) is 11.1. The zero-order valence-corrected chi connectivity index (χ0v) is 23.6. The fourth-order valence-electron chi connectivity index (χ4n) is 5.44. The van der Waals surface area contributed by atoms with Gasteiger partial charge in [0.1, 0.15) is 18.4 Å². The molecule has 0 spiro atoms. The normalized spacial score (nSPS) is 17.7. The van der Waals surface area contributed by atoms with Crippen molar-refractivity contribution in [3.63, 3.8) is 0 Å². The highest BCUT2D eigenvalue weighted by molar-refractivity contribution is 5.99. The lowest BCUT2D eigenvalue weighted by atomic mass is 9.94. The van der Waals surface area contributed by atoms with Crippen molar-refractivity contribution in [2.45, 2.75) is 89.3 Å². The predicted molar refractivity (Wildman–Crippen MR) is 149 cm³/mol. The van der Waals surface area contributed by atoms with Crippen LogP contribution in [0.1, 0.15) is 76.2 Å². The number of hydrogen-bond acceptors (Lipinski definition) is 7. The van der Waals surface area contributed by atoms with Crippen LogP contribution in [0.3, 0.4) is 0 Å². The van der Waals surface area contributed by atoms with Crippen LogP contribution in [-0.4, -0.2) is 85.0 Å². The van der Waals surface area contributed by atoms with Crippen molar-refractivity contribution in [3.05, 3.63) is 23.8 Å². The number of benzene rings is 1. The minimum atomic E-state index is -0.326. The molecule has 214 valence electrons. The maximum Gasteiger partial charge on any atom is 0.325 e. The van der Waals surface area contributed by atoms with E-state index >= 15 is 0 Å². The summed E-state index contributed by atoms with van der Waals surface area (Å²) in [5.74, 6) is 0.857. The first kappa shape index (κ1) is 28.7. The molecule has 1 aliphatic heterocycles. The van der Waals surface area contributed by atoms with Gasteiger partial charge in [-0.3, -0.25) is 14.9 Å². The summed E-state index contributed by atoms with van der Waals surface area (Å²) in [5.41, 5.74) is 1.60. The van der Waals surface area contributed by atoms with E-state index in [1.54, 1.807) is 19.0 Å². The third-order valence-corrected chi connectivity index (χ3v) is 7.80. The third kappa shape index (κ3) is 8.10. The number of ether oxygens (including phenoxy) is 2. The zero-order valence-electron chi connectivity index (χ0n) is 23.6. The molecule has 1 heterocycles. The summed E-state index contributed by atoms with van der Waals surface area (Å²) in [5, 5.41) is 2.80. The number of rotatable bonds is 9. The van der Waals surface area contributed by atoms with Crippen molar-refractivity contribution >= 4 is 29.6 Å². The van der Waals surface area contributed by atoms with Crippen LogP contribution in [0.5, 0.6) is 5.75 Å².